The summed E-state index contributed by atoms with van der Waals surface area (Å²) < 4.78 is 29.2. The molecule has 0 aromatic heterocycles. The van der Waals surface area contributed by atoms with E-state index in [4.69, 9.17) is 27.9 Å². The van der Waals surface area contributed by atoms with Gasteiger partial charge in [-0.2, -0.15) is 0 Å². The first kappa shape index (κ1) is 15.1. The van der Waals surface area contributed by atoms with Crippen LogP contribution in [0.2, 0.25) is 5.02 Å². The molecule has 0 unspecified atom stereocenters. The summed E-state index contributed by atoms with van der Waals surface area (Å²) in [6.45, 7) is -0.489. The fraction of sp³-hybridized carbons (Fsp3) is 0.300. The molecule has 0 saturated heterocycles. The maximum atomic E-state index is 11.7. The SMILES string of the molecule is COc1ccc(Cl)cc1N(CC(=O)Cl)S(C)(=O)=O. The van der Waals surface area contributed by atoms with Crippen LogP contribution in [0.4, 0.5) is 5.69 Å². The predicted molar refractivity (Wildman–Crippen MR) is 71.1 cm³/mol. The molecule has 0 radical (unpaired) electrons. The minimum Gasteiger partial charge on any atom is -0.495 e. The van der Waals surface area contributed by atoms with E-state index in [9.17, 15) is 13.2 Å². The van der Waals surface area contributed by atoms with E-state index in [1.54, 1.807) is 6.07 Å². The molecule has 8 heteroatoms. The van der Waals surface area contributed by atoms with Gasteiger partial charge in [-0.05, 0) is 29.8 Å². The minimum absolute atomic E-state index is 0.168. The monoisotopic (exact) mass is 311 g/mol. The van der Waals surface area contributed by atoms with E-state index in [1.165, 1.54) is 19.2 Å². The minimum atomic E-state index is -3.67. The summed E-state index contributed by atoms with van der Waals surface area (Å²) in [6, 6.07) is 4.45. The Kier molecular flexibility index (Phi) is 4.84. The molecule has 0 bridgehead atoms. The zero-order chi connectivity index (χ0) is 13.9. The fourth-order valence-electron chi connectivity index (χ4n) is 1.35. The Morgan fingerprint density at radius 2 is 2.06 bits per heavy atom. The van der Waals surface area contributed by atoms with Crippen LogP contribution < -0.4 is 9.04 Å². The lowest BCUT2D eigenvalue weighted by atomic mass is 10.3. The topological polar surface area (TPSA) is 63.7 Å². The predicted octanol–water partition coefficient (Wildman–Crippen LogP) is 1.88. The molecule has 1 aromatic rings. The number of benzene rings is 1. The number of hydrogen-bond donors (Lipinski definition) is 0. The summed E-state index contributed by atoms with van der Waals surface area (Å²) in [6.07, 6.45) is 0.965. The second-order valence-electron chi connectivity index (χ2n) is 3.44. The highest BCUT2D eigenvalue weighted by Gasteiger charge is 2.23. The molecule has 0 amide bonds. The Hall–Kier alpha value is -0.980. The average Bonchev–Trinajstić information content (AvgIpc) is 2.24. The quantitative estimate of drug-likeness (QED) is 0.779. The highest BCUT2D eigenvalue weighted by molar-refractivity contribution is 7.92. The van der Waals surface area contributed by atoms with E-state index in [1.807, 2.05) is 0 Å². The molecule has 18 heavy (non-hydrogen) atoms. The summed E-state index contributed by atoms with van der Waals surface area (Å²) in [5.41, 5.74) is 0.168. The van der Waals surface area contributed by atoms with Crippen LogP contribution in [-0.2, 0) is 14.8 Å². The van der Waals surface area contributed by atoms with Crippen molar-refractivity contribution in [1.29, 1.82) is 0 Å². The fourth-order valence-corrected chi connectivity index (χ4v) is 2.56. The number of nitrogens with zero attached hydrogens (tertiary/aromatic N) is 1. The number of carbonyl (C=O) groups is 1. The number of halogens is 2. The molecular weight excluding hydrogens is 301 g/mol. The third-order valence-electron chi connectivity index (χ3n) is 2.08. The van der Waals surface area contributed by atoms with Gasteiger partial charge in [0.25, 0.3) is 0 Å². The van der Waals surface area contributed by atoms with Crippen LogP contribution >= 0.6 is 23.2 Å². The van der Waals surface area contributed by atoms with Gasteiger partial charge in [0.1, 0.15) is 12.3 Å². The highest BCUT2D eigenvalue weighted by Crippen LogP contribution is 2.32. The Labute approximate surface area is 115 Å². The van der Waals surface area contributed by atoms with Crippen molar-refractivity contribution in [3.8, 4) is 5.75 Å². The van der Waals surface area contributed by atoms with E-state index in [-0.39, 0.29) is 11.4 Å². The summed E-state index contributed by atoms with van der Waals surface area (Å²) in [7, 11) is -2.29. The van der Waals surface area contributed by atoms with Gasteiger partial charge in [0, 0.05) is 5.02 Å². The number of anilines is 1. The van der Waals surface area contributed by atoms with Crippen molar-refractivity contribution in [2.45, 2.75) is 0 Å². The van der Waals surface area contributed by atoms with Gasteiger partial charge in [-0.25, -0.2) is 8.42 Å². The van der Waals surface area contributed by atoms with Gasteiger partial charge < -0.3 is 4.74 Å². The maximum Gasteiger partial charge on any atom is 0.242 e. The largest absolute Gasteiger partial charge is 0.495 e. The first-order valence-electron chi connectivity index (χ1n) is 4.75. The van der Waals surface area contributed by atoms with Crippen LogP contribution in [0.3, 0.4) is 0 Å². The third kappa shape index (κ3) is 3.76. The van der Waals surface area contributed by atoms with Crippen molar-refractivity contribution >= 4 is 44.2 Å². The molecule has 0 N–H and O–H groups in total. The third-order valence-corrected chi connectivity index (χ3v) is 3.56. The lowest BCUT2D eigenvalue weighted by molar-refractivity contribution is -0.110. The molecule has 1 rings (SSSR count). The Bertz CT molecular complexity index is 559. The normalized spacial score (nSPS) is 11.1. The summed E-state index contributed by atoms with van der Waals surface area (Å²) in [5, 5.41) is -0.482. The van der Waals surface area contributed by atoms with Crippen molar-refractivity contribution < 1.29 is 17.9 Å². The molecule has 0 aliphatic heterocycles. The summed E-state index contributed by atoms with van der Waals surface area (Å²) >= 11 is 11.1. The summed E-state index contributed by atoms with van der Waals surface area (Å²) in [4.78, 5) is 10.9. The molecule has 0 aliphatic rings. The number of hydrogen-bond acceptors (Lipinski definition) is 4. The van der Waals surface area contributed by atoms with Crippen LogP contribution in [0.15, 0.2) is 18.2 Å². The maximum absolute atomic E-state index is 11.7. The molecule has 5 nitrogen and oxygen atoms in total. The van der Waals surface area contributed by atoms with E-state index in [2.05, 4.69) is 0 Å². The van der Waals surface area contributed by atoms with Crippen LogP contribution in [0.5, 0.6) is 5.75 Å². The second-order valence-corrected chi connectivity index (χ2v) is 6.21. The van der Waals surface area contributed by atoms with Crippen molar-refractivity contribution in [3.05, 3.63) is 23.2 Å². The van der Waals surface area contributed by atoms with Crippen LogP contribution in [0.25, 0.3) is 0 Å². The Balaban J connectivity index is 3.37. The average molecular weight is 312 g/mol. The molecule has 0 aliphatic carbocycles. The van der Waals surface area contributed by atoms with Gasteiger partial charge in [0.2, 0.25) is 15.3 Å². The van der Waals surface area contributed by atoms with E-state index < -0.39 is 21.8 Å². The molecule has 0 saturated carbocycles. The molecule has 0 heterocycles. The van der Waals surface area contributed by atoms with Crippen LogP contribution in [0.1, 0.15) is 0 Å². The lowest BCUT2D eigenvalue weighted by Crippen LogP contribution is -2.33. The highest BCUT2D eigenvalue weighted by atomic mass is 35.5. The van der Waals surface area contributed by atoms with E-state index >= 15 is 0 Å². The number of sulfonamides is 1. The van der Waals surface area contributed by atoms with Gasteiger partial charge in [0.05, 0.1) is 19.1 Å². The zero-order valence-corrected chi connectivity index (χ0v) is 12.0. The first-order chi connectivity index (χ1) is 8.25. The second kappa shape index (κ2) is 5.77. The molecule has 0 fully saturated rings. The molecular formula is C10H11Cl2NO4S. The zero-order valence-electron chi connectivity index (χ0n) is 9.68. The van der Waals surface area contributed by atoms with Crippen LogP contribution in [0, 0.1) is 0 Å². The number of carbonyl (C=O) groups excluding carboxylic acids is 1. The standard InChI is InChI=1S/C10H11Cl2NO4S/c1-17-9-4-3-7(11)5-8(9)13(6-10(12)14)18(2,15)16/h3-5H,6H2,1-2H3. The van der Waals surface area contributed by atoms with Gasteiger partial charge in [-0.1, -0.05) is 11.6 Å². The van der Waals surface area contributed by atoms with Gasteiger partial charge >= 0.3 is 0 Å². The smallest absolute Gasteiger partial charge is 0.242 e. The van der Waals surface area contributed by atoms with Crippen molar-refractivity contribution in [2.24, 2.45) is 0 Å². The first-order valence-corrected chi connectivity index (χ1v) is 7.35. The van der Waals surface area contributed by atoms with Gasteiger partial charge in [-0.3, -0.25) is 9.10 Å². The van der Waals surface area contributed by atoms with Crippen LogP contribution in [-0.4, -0.2) is 33.6 Å². The number of methoxy groups -OCH3 is 1. The van der Waals surface area contributed by atoms with Gasteiger partial charge in [-0.15, -0.1) is 0 Å². The molecule has 0 atom stereocenters. The summed E-state index contributed by atoms with van der Waals surface area (Å²) in [5.74, 6) is 0.280. The van der Waals surface area contributed by atoms with E-state index in [0.29, 0.717) is 5.02 Å². The molecule has 0 spiro atoms. The number of ether oxygens (including phenoxy) is 1. The Morgan fingerprint density at radius 1 is 1.44 bits per heavy atom. The number of rotatable bonds is 5. The van der Waals surface area contributed by atoms with E-state index in [0.717, 1.165) is 10.6 Å². The molecule has 1 aromatic carbocycles. The van der Waals surface area contributed by atoms with Crippen molar-refractivity contribution in [1.82, 2.24) is 0 Å². The molecule has 100 valence electrons. The van der Waals surface area contributed by atoms with Crippen molar-refractivity contribution in [2.75, 3.05) is 24.2 Å². The lowest BCUT2D eigenvalue weighted by Gasteiger charge is -2.22. The Morgan fingerprint density at radius 3 is 2.50 bits per heavy atom. The van der Waals surface area contributed by atoms with Crippen molar-refractivity contribution in [3.63, 3.8) is 0 Å². The van der Waals surface area contributed by atoms with Gasteiger partial charge in [0.15, 0.2) is 0 Å².